The number of halogens is 2. The zero-order valence-electron chi connectivity index (χ0n) is 13.6. The molecule has 0 aliphatic carbocycles. The lowest BCUT2D eigenvalue weighted by Crippen LogP contribution is -2.35. The number of aromatic nitrogens is 2. The normalized spacial score (nSPS) is 10.9. The highest BCUT2D eigenvalue weighted by atomic mass is 32.1. The van der Waals surface area contributed by atoms with Crippen LogP contribution in [-0.4, -0.2) is 15.6 Å². The van der Waals surface area contributed by atoms with Crippen LogP contribution in [0, 0.1) is 11.6 Å². The van der Waals surface area contributed by atoms with Gasteiger partial charge in [-0.1, -0.05) is 18.2 Å². The summed E-state index contributed by atoms with van der Waals surface area (Å²) in [6, 6.07) is 13.1. The molecular weight excluding hydrogens is 372 g/mol. The van der Waals surface area contributed by atoms with Crippen LogP contribution in [0.5, 0.6) is 0 Å². The minimum atomic E-state index is -1.15. The summed E-state index contributed by atoms with van der Waals surface area (Å²) in [5, 5.41) is 2.14. The molecule has 0 aliphatic heterocycles. The first-order valence-corrected chi connectivity index (χ1v) is 8.74. The number of para-hydroxylation sites is 1. The maximum Gasteiger partial charge on any atom is 0.280 e. The molecule has 5 nitrogen and oxygen atoms in total. The molecule has 0 saturated carbocycles. The summed E-state index contributed by atoms with van der Waals surface area (Å²) in [5.74, 6) is -2.71. The van der Waals surface area contributed by atoms with Crippen molar-refractivity contribution in [3.63, 3.8) is 0 Å². The van der Waals surface area contributed by atoms with Gasteiger partial charge >= 0.3 is 0 Å². The van der Waals surface area contributed by atoms with Crippen LogP contribution in [0.1, 0.15) is 10.4 Å². The van der Waals surface area contributed by atoms with E-state index < -0.39 is 23.1 Å². The number of nitrogens with one attached hydrogen (secondary N) is 1. The third-order valence-corrected chi connectivity index (χ3v) is 4.78. The Morgan fingerprint density at radius 3 is 2.59 bits per heavy atom. The molecule has 4 rings (SSSR count). The van der Waals surface area contributed by atoms with Crippen molar-refractivity contribution in [3.05, 3.63) is 87.5 Å². The average Bonchev–Trinajstić information content (AvgIpc) is 3.20. The average molecular weight is 383 g/mol. The molecule has 2 aromatic heterocycles. The highest BCUT2D eigenvalue weighted by Gasteiger charge is 2.17. The van der Waals surface area contributed by atoms with Crippen molar-refractivity contribution in [2.24, 2.45) is 0 Å². The molecule has 1 amide bonds. The maximum atomic E-state index is 13.4. The van der Waals surface area contributed by atoms with Crippen LogP contribution < -0.4 is 11.0 Å². The largest absolute Gasteiger partial charge is 0.280 e. The van der Waals surface area contributed by atoms with Crippen LogP contribution in [0.4, 0.5) is 8.78 Å². The van der Waals surface area contributed by atoms with Crippen molar-refractivity contribution in [2.45, 2.75) is 0 Å². The number of thiophene rings is 1. The maximum absolute atomic E-state index is 13.4. The molecule has 27 heavy (non-hydrogen) atoms. The highest BCUT2D eigenvalue weighted by Crippen LogP contribution is 2.23. The summed E-state index contributed by atoms with van der Waals surface area (Å²) in [6.07, 6.45) is 0. The Bertz CT molecular complexity index is 1220. The van der Waals surface area contributed by atoms with Gasteiger partial charge in [-0.3, -0.25) is 15.0 Å². The third kappa shape index (κ3) is 3.11. The SMILES string of the molecule is O=C(Nn1c(-c2cccs2)nc2ccccc2c1=O)c1ccc(F)c(F)c1. The second-order valence-electron chi connectivity index (χ2n) is 5.64. The van der Waals surface area contributed by atoms with E-state index in [0.717, 1.165) is 22.9 Å². The van der Waals surface area contributed by atoms with Gasteiger partial charge in [0, 0.05) is 5.56 Å². The predicted octanol–water partition coefficient (Wildman–Crippen LogP) is 3.79. The van der Waals surface area contributed by atoms with Crippen molar-refractivity contribution in [1.82, 2.24) is 9.66 Å². The van der Waals surface area contributed by atoms with Crippen molar-refractivity contribution in [2.75, 3.05) is 5.43 Å². The Labute approximate surface area is 155 Å². The Hall–Kier alpha value is -3.39. The minimum Gasteiger partial charge on any atom is -0.267 e. The van der Waals surface area contributed by atoms with Crippen molar-refractivity contribution < 1.29 is 13.6 Å². The van der Waals surface area contributed by atoms with Crippen LogP contribution in [0.2, 0.25) is 0 Å². The van der Waals surface area contributed by atoms with Gasteiger partial charge < -0.3 is 0 Å². The molecule has 0 unspecified atom stereocenters. The molecule has 2 heterocycles. The quantitative estimate of drug-likeness (QED) is 0.586. The minimum absolute atomic E-state index is 0.119. The van der Waals surface area contributed by atoms with E-state index >= 15 is 0 Å². The molecule has 0 aliphatic rings. The van der Waals surface area contributed by atoms with Gasteiger partial charge in [0.2, 0.25) is 0 Å². The van der Waals surface area contributed by atoms with E-state index in [1.807, 2.05) is 5.38 Å². The van der Waals surface area contributed by atoms with Crippen LogP contribution in [0.25, 0.3) is 21.6 Å². The predicted molar refractivity (Wildman–Crippen MR) is 99.4 cm³/mol. The molecule has 0 radical (unpaired) electrons. The van der Waals surface area contributed by atoms with E-state index in [0.29, 0.717) is 15.8 Å². The summed E-state index contributed by atoms with van der Waals surface area (Å²) in [5.41, 5.74) is 2.34. The van der Waals surface area contributed by atoms with Gasteiger partial charge in [-0.25, -0.2) is 13.8 Å². The van der Waals surface area contributed by atoms with Gasteiger partial charge in [-0.05, 0) is 41.8 Å². The number of amides is 1. The van der Waals surface area contributed by atoms with E-state index in [2.05, 4.69) is 10.4 Å². The molecular formula is C19H11F2N3O2S. The standard InChI is InChI=1S/C19H11F2N3O2S/c20-13-8-7-11(10-14(13)21)18(25)23-24-17(16-6-3-9-27-16)22-15-5-2-1-4-12(15)19(24)26/h1-10H,(H,23,25). The number of hydrogen-bond donors (Lipinski definition) is 1. The molecule has 0 fully saturated rings. The molecule has 0 spiro atoms. The van der Waals surface area contributed by atoms with Crippen LogP contribution in [0.3, 0.4) is 0 Å². The molecule has 0 saturated heterocycles. The lowest BCUT2D eigenvalue weighted by Gasteiger charge is -2.13. The molecule has 0 atom stereocenters. The van der Waals surface area contributed by atoms with Gasteiger partial charge in [0.15, 0.2) is 17.5 Å². The molecule has 0 bridgehead atoms. The number of rotatable bonds is 3. The van der Waals surface area contributed by atoms with Gasteiger partial charge in [-0.2, -0.15) is 4.68 Å². The first-order chi connectivity index (χ1) is 13.0. The number of carbonyl (C=O) groups excluding carboxylic acids is 1. The topological polar surface area (TPSA) is 64.0 Å². The van der Waals surface area contributed by atoms with Crippen LogP contribution in [0.15, 0.2) is 64.8 Å². The summed E-state index contributed by atoms with van der Waals surface area (Å²) in [7, 11) is 0. The fourth-order valence-corrected chi connectivity index (χ4v) is 3.31. The Morgan fingerprint density at radius 1 is 1.04 bits per heavy atom. The second-order valence-corrected chi connectivity index (χ2v) is 6.59. The second kappa shape index (κ2) is 6.73. The van der Waals surface area contributed by atoms with Gasteiger partial charge in [0.1, 0.15) is 0 Å². The van der Waals surface area contributed by atoms with E-state index in [4.69, 9.17) is 0 Å². The van der Waals surface area contributed by atoms with E-state index in [1.165, 1.54) is 11.3 Å². The lowest BCUT2D eigenvalue weighted by molar-refractivity contribution is 0.101. The van der Waals surface area contributed by atoms with Crippen molar-refractivity contribution in [1.29, 1.82) is 0 Å². The fourth-order valence-electron chi connectivity index (χ4n) is 2.61. The third-order valence-electron chi connectivity index (χ3n) is 3.91. The number of benzene rings is 2. The van der Waals surface area contributed by atoms with E-state index in [9.17, 15) is 18.4 Å². The summed E-state index contributed by atoms with van der Waals surface area (Å²) < 4.78 is 27.6. The van der Waals surface area contributed by atoms with Gasteiger partial charge in [-0.15, -0.1) is 11.3 Å². The Kier molecular flexibility index (Phi) is 4.25. The molecule has 4 aromatic rings. The summed E-state index contributed by atoms with van der Waals surface area (Å²) in [6.45, 7) is 0. The number of hydrogen-bond acceptors (Lipinski definition) is 4. The molecule has 8 heteroatoms. The Morgan fingerprint density at radius 2 is 1.85 bits per heavy atom. The number of carbonyl (C=O) groups is 1. The summed E-state index contributed by atoms with van der Waals surface area (Å²) >= 11 is 1.35. The first-order valence-electron chi connectivity index (χ1n) is 7.86. The van der Waals surface area contributed by atoms with Gasteiger partial charge in [0.05, 0.1) is 15.8 Å². The van der Waals surface area contributed by atoms with Crippen molar-refractivity contribution in [3.8, 4) is 10.7 Å². The lowest BCUT2D eigenvalue weighted by atomic mass is 10.2. The monoisotopic (exact) mass is 383 g/mol. The Balaban J connectivity index is 1.85. The molecule has 1 N–H and O–H groups in total. The first kappa shape index (κ1) is 17.0. The molecule has 134 valence electrons. The van der Waals surface area contributed by atoms with Crippen LogP contribution in [-0.2, 0) is 0 Å². The number of fused-ring (bicyclic) bond motifs is 1. The fraction of sp³-hybridized carbons (Fsp3) is 0. The zero-order valence-corrected chi connectivity index (χ0v) is 14.5. The van der Waals surface area contributed by atoms with Gasteiger partial charge in [0.25, 0.3) is 11.5 Å². The molecule has 2 aromatic carbocycles. The smallest absolute Gasteiger partial charge is 0.267 e. The summed E-state index contributed by atoms with van der Waals surface area (Å²) in [4.78, 5) is 30.6. The highest BCUT2D eigenvalue weighted by molar-refractivity contribution is 7.13. The van der Waals surface area contributed by atoms with E-state index in [1.54, 1.807) is 36.4 Å². The van der Waals surface area contributed by atoms with E-state index in [-0.39, 0.29) is 11.4 Å². The number of nitrogens with zero attached hydrogens (tertiary/aromatic N) is 2. The van der Waals surface area contributed by atoms with Crippen molar-refractivity contribution >= 4 is 28.1 Å². The van der Waals surface area contributed by atoms with Crippen LogP contribution >= 0.6 is 11.3 Å². The zero-order chi connectivity index (χ0) is 19.0.